The van der Waals surface area contributed by atoms with Gasteiger partial charge in [-0.05, 0) is 46.8 Å². The lowest BCUT2D eigenvalue weighted by Crippen LogP contribution is -2.07. The van der Waals surface area contributed by atoms with Gasteiger partial charge in [0.25, 0.3) is 0 Å². The highest BCUT2D eigenvalue weighted by molar-refractivity contribution is 9.10. The van der Waals surface area contributed by atoms with Gasteiger partial charge in [-0.25, -0.2) is 4.68 Å². The van der Waals surface area contributed by atoms with Crippen LogP contribution < -0.4 is 4.74 Å². The van der Waals surface area contributed by atoms with Gasteiger partial charge in [0.15, 0.2) is 0 Å². The molecule has 114 valence electrons. The molecule has 0 bridgehead atoms. The summed E-state index contributed by atoms with van der Waals surface area (Å²) >= 11 is 3.58. The van der Waals surface area contributed by atoms with Gasteiger partial charge >= 0.3 is 0 Å². The molecule has 1 aromatic carbocycles. The first-order chi connectivity index (χ1) is 10.8. The number of aromatic nitrogens is 6. The van der Waals surface area contributed by atoms with E-state index in [-0.39, 0.29) is 0 Å². The molecule has 0 N–H and O–H groups in total. The first-order valence-electron chi connectivity index (χ1n) is 7.28. The molecule has 0 aliphatic heterocycles. The number of hydrogen-bond acceptors (Lipinski definition) is 5. The van der Waals surface area contributed by atoms with Crippen LogP contribution >= 0.6 is 15.9 Å². The molecule has 0 atom stereocenters. The van der Waals surface area contributed by atoms with Crippen molar-refractivity contribution in [3.8, 4) is 5.75 Å². The van der Waals surface area contributed by atoms with E-state index in [1.54, 1.807) is 12.7 Å². The summed E-state index contributed by atoms with van der Waals surface area (Å²) in [6.45, 7) is 2.20. The second-order valence-corrected chi connectivity index (χ2v) is 6.30. The van der Waals surface area contributed by atoms with E-state index in [1.807, 2.05) is 21.4 Å². The Kier molecular flexibility index (Phi) is 3.53. The largest absolute Gasteiger partial charge is 0.490 e. The van der Waals surface area contributed by atoms with Crippen molar-refractivity contribution in [3.63, 3.8) is 0 Å². The highest BCUT2D eigenvalue weighted by Crippen LogP contribution is 2.34. The van der Waals surface area contributed by atoms with Crippen LogP contribution in [0.4, 0.5) is 0 Å². The second-order valence-electron chi connectivity index (χ2n) is 5.51. The molecule has 7 nitrogen and oxygen atoms in total. The molecule has 4 rings (SSSR count). The summed E-state index contributed by atoms with van der Waals surface area (Å²) in [4.78, 5) is 0. The van der Waals surface area contributed by atoms with Crippen LogP contribution in [0.2, 0.25) is 0 Å². The number of fused-ring (bicyclic) bond motifs is 1. The smallest absolute Gasteiger partial charge is 0.135 e. The monoisotopic (exact) mass is 362 g/mol. The number of rotatable bonds is 6. The second kappa shape index (κ2) is 5.68. The lowest BCUT2D eigenvalue weighted by atomic mass is 10.3. The Bertz CT molecular complexity index is 780. The van der Waals surface area contributed by atoms with Crippen molar-refractivity contribution in [3.05, 3.63) is 29.3 Å². The third-order valence-electron chi connectivity index (χ3n) is 3.79. The highest BCUT2D eigenvalue weighted by Gasteiger charge is 2.23. The van der Waals surface area contributed by atoms with E-state index in [2.05, 4.69) is 36.4 Å². The summed E-state index contributed by atoms with van der Waals surface area (Å²) in [6, 6.07) is 3.99. The van der Waals surface area contributed by atoms with Gasteiger partial charge in [-0.2, -0.15) is 0 Å². The molecule has 0 spiro atoms. The number of hydrogen-bond donors (Lipinski definition) is 0. The molecule has 0 saturated heterocycles. The summed E-state index contributed by atoms with van der Waals surface area (Å²) in [5.74, 6) is 1.54. The van der Waals surface area contributed by atoms with E-state index in [1.165, 1.54) is 12.8 Å². The van der Waals surface area contributed by atoms with Gasteiger partial charge in [-0.3, -0.25) is 0 Å². The Morgan fingerprint density at radius 2 is 2.05 bits per heavy atom. The van der Waals surface area contributed by atoms with Crippen molar-refractivity contribution in [2.75, 3.05) is 6.61 Å². The minimum absolute atomic E-state index is 0.540. The van der Waals surface area contributed by atoms with Crippen molar-refractivity contribution >= 4 is 27.0 Å². The average molecular weight is 363 g/mol. The number of benzene rings is 1. The Hall–Kier alpha value is -1.96. The lowest BCUT2D eigenvalue weighted by Gasteiger charge is -2.09. The summed E-state index contributed by atoms with van der Waals surface area (Å²) in [5, 5.41) is 16.1. The molecule has 8 heteroatoms. The number of nitrogens with zero attached hydrogens (tertiary/aromatic N) is 6. The van der Waals surface area contributed by atoms with Crippen LogP contribution in [0.1, 0.15) is 12.8 Å². The minimum atomic E-state index is 0.540. The molecular formula is C14H15BrN6O. The molecule has 1 saturated carbocycles. The first-order valence-corrected chi connectivity index (χ1v) is 8.07. The Labute approximate surface area is 135 Å². The fourth-order valence-corrected chi connectivity index (χ4v) is 2.91. The molecule has 3 aromatic rings. The Balaban J connectivity index is 1.50. The predicted molar refractivity (Wildman–Crippen MR) is 83.5 cm³/mol. The zero-order chi connectivity index (χ0) is 14.9. The highest BCUT2D eigenvalue weighted by atomic mass is 79.9. The van der Waals surface area contributed by atoms with Gasteiger partial charge in [0.05, 0.1) is 16.5 Å². The maximum absolute atomic E-state index is 5.82. The maximum Gasteiger partial charge on any atom is 0.135 e. The molecule has 0 radical (unpaired) electrons. The fraction of sp³-hybridized carbons (Fsp3) is 0.429. The topological polar surface area (TPSA) is 70.7 Å². The van der Waals surface area contributed by atoms with Crippen LogP contribution in [0, 0.1) is 5.92 Å². The van der Waals surface area contributed by atoms with Crippen LogP contribution in [0.5, 0.6) is 5.75 Å². The molecular weight excluding hydrogens is 348 g/mol. The van der Waals surface area contributed by atoms with Crippen LogP contribution in [0.15, 0.2) is 29.3 Å². The van der Waals surface area contributed by atoms with Gasteiger partial charge in [-0.15, -0.1) is 15.3 Å². The van der Waals surface area contributed by atoms with Crippen LogP contribution in [0.25, 0.3) is 11.0 Å². The zero-order valence-corrected chi connectivity index (χ0v) is 13.5. The first kappa shape index (κ1) is 13.7. The standard InChI is InChI=1S/C14H15BrN6O/c15-13-12(22-6-5-20-8-16-17-9-20)4-3-11-14(13)18-19-21(11)7-10-1-2-10/h3-4,8-10H,1-2,5-7H2. The summed E-state index contributed by atoms with van der Waals surface area (Å²) in [7, 11) is 0. The molecule has 22 heavy (non-hydrogen) atoms. The fourth-order valence-electron chi connectivity index (χ4n) is 2.38. The van der Waals surface area contributed by atoms with E-state index in [0.717, 1.165) is 33.7 Å². The normalized spacial score (nSPS) is 14.6. The SMILES string of the molecule is Brc1c(OCCn2cnnc2)ccc2c1nnn2CC1CC1. The van der Waals surface area contributed by atoms with E-state index in [0.29, 0.717) is 13.2 Å². The number of ether oxygens (including phenoxy) is 1. The van der Waals surface area contributed by atoms with Gasteiger partial charge in [0.2, 0.25) is 0 Å². The van der Waals surface area contributed by atoms with Crippen LogP contribution in [-0.2, 0) is 13.1 Å². The molecule has 0 unspecified atom stereocenters. The van der Waals surface area contributed by atoms with Crippen molar-refractivity contribution in [2.24, 2.45) is 5.92 Å². The quantitative estimate of drug-likeness (QED) is 0.672. The maximum atomic E-state index is 5.82. The van der Waals surface area contributed by atoms with Crippen LogP contribution in [-0.4, -0.2) is 36.4 Å². The van der Waals surface area contributed by atoms with E-state index in [4.69, 9.17) is 4.74 Å². The van der Waals surface area contributed by atoms with E-state index < -0.39 is 0 Å². The van der Waals surface area contributed by atoms with Crippen molar-refractivity contribution < 1.29 is 4.74 Å². The summed E-state index contributed by atoms with van der Waals surface area (Å²) < 4.78 is 10.5. The molecule has 0 amide bonds. The van der Waals surface area contributed by atoms with Crippen molar-refractivity contribution in [1.29, 1.82) is 0 Å². The van der Waals surface area contributed by atoms with Gasteiger partial charge < -0.3 is 9.30 Å². The van der Waals surface area contributed by atoms with E-state index in [9.17, 15) is 0 Å². The van der Waals surface area contributed by atoms with Gasteiger partial charge in [0, 0.05) is 6.54 Å². The molecule has 1 fully saturated rings. The molecule has 1 aliphatic carbocycles. The third kappa shape index (κ3) is 2.70. The number of halogens is 1. The minimum Gasteiger partial charge on any atom is -0.490 e. The van der Waals surface area contributed by atoms with Crippen molar-refractivity contribution in [1.82, 2.24) is 29.8 Å². The zero-order valence-electron chi connectivity index (χ0n) is 11.9. The van der Waals surface area contributed by atoms with E-state index >= 15 is 0 Å². The molecule has 2 aromatic heterocycles. The van der Waals surface area contributed by atoms with Gasteiger partial charge in [-0.1, -0.05) is 5.21 Å². The third-order valence-corrected chi connectivity index (χ3v) is 4.56. The van der Waals surface area contributed by atoms with Crippen molar-refractivity contribution in [2.45, 2.75) is 25.9 Å². The Morgan fingerprint density at radius 3 is 2.82 bits per heavy atom. The van der Waals surface area contributed by atoms with Crippen LogP contribution in [0.3, 0.4) is 0 Å². The van der Waals surface area contributed by atoms with Gasteiger partial charge in [0.1, 0.15) is 30.5 Å². The summed E-state index contributed by atoms with van der Waals surface area (Å²) in [5.41, 5.74) is 1.90. The predicted octanol–water partition coefficient (Wildman–Crippen LogP) is 2.27. The average Bonchev–Trinajstić information content (AvgIpc) is 3.01. The molecule has 1 aliphatic rings. The molecule has 2 heterocycles. The Morgan fingerprint density at radius 1 is 1.23 bits per heavy atom. The lowest BCUT2D eigenvalue weighted by molar-refractivity contribution is 0.297. The summed E-state index contributed by atoms with van der Waals surface area (Å²) in [6.07, 6.45) is 5.94.